The van der Waals surface area contributed by atoms with E-state index in [0.29, 0.717) is 36.7 Å². The van der Waals surface area contributed by atoms with E-state index in [9.17, 15) is 32.8 Å². The molecule has 2 aliphatic rings. The number of hydrogen-bond donors (Lipinski definition) is 2. The molecule has 2 N–H and O–H groups in total. The zero-order chi connectivity index (χ0) is 41.6. The molecular weight excluding hydrogens is 771 g/mol. The Bertz CT molecular complexity index is 2440. The molecule has 5 aromatic carbocycles. The molecule has 9 nitrogen and oxygen atoms in total. The number of benzene rings is 5. The molecule has 59 heavy (non-hydrogen) atoms. The molecule has 300 valence electrons. The molecule has 5 aromatic rings. The van der Waals surface area contributed by atoms with E-state index in [1.54, 1.807) is 47.4 Å². The largest absolute Gasteiger partial charge is 0.350 e. The fraction of sp³-hybridized carbons (Fsp3) is 0.213. The van der Waals surface area contributed by atoms with E-state index in [-0.39, 0.29) is 46.0 Å². The Labute approximate surface area is 345 Å². The molecule has 4 amide bonds. The van der Waals surface area contributed by atoms with Crippen molar-refractivity contribution in [3.05, 3.63) is 171 Å². The lowest BCUT2D eigenvalue weighted by atomic mass is 9.97. The number of likely N-dealkylation sites (tertiary alicyclic amines) is 1. The summed E-state index contributed by atoms with van der Waals surface area (Å²) in [7, 11) is 0. The van der Waals surface area contributed by atoms with Crippen LogP contribution in [0.25, 0.3) is 17.2 Å². The molecule has 0 aromatic heterocycles. The van der Waals surface area contributed by atoms with Crippen LogP contribution >= 0.6 is 11.8 Å². The molecule has 0 aliphatic carbocycles. The highest BCUT2D eigenvalue weighted by atomic mass is 32.2. The van der Waals surface area contributed by atoms with Crippen LogP contribution in [0.3, 0.4) is 0 Å². The van der Waals surface area contributed by atoms with E-state index in [0.717, 1.165) is 47.1 Å². The fourth-order valence-electron chi connectivity index (χ4n) is 7.64. The Morgan fingerprint density at radius 1 is 0.864 bits per heavy atom. The van der Waals surface area contributed by atoms with Crippen LogP contribution in [0.4, 0.5) is 13.6 Å². The lowest BCUT2D eigenvalue weighted by Gasteiger charge is -2.31. The number of amides is 4. The third-order valence-corrected chi connectivity index (χ3v) is 11.2. The number of nitrogens with one attached hydrogen (secondary N) is 2. The van der Waals surface area contributed by atoms with Crippen LogP contribution in [-0.4, -0.2) is 70.3 Å². The molecule has 2 saturated heterocycles. The summed E-state index contributed by atoms with van der Waals surface area (Å²) >= 11 is 0.807. The first-order valence-electron chi connectivity index (χ1n) is 19.4. The van der Waals surface area contributed by atoms with E-state index in [4.69, 9.17) is 0 Å². The molecule has 2 heterocycles. The molecule has 0 bridgehead atoms. The normalized spacial score (nSPS) is 17.2. The van der Waals surface area contributed by atoms with E-state index in [2.05, 4.69) is 53.6 Å². The summed E-state index contributed by atoms with van der Waals surface area (Å²) in [6, 6.07) is 33.3. The molecule has 0 unspecified atom stereocenters. The summed E-state index contributed by atoms with van der Waals surface area (Å²) in [6.45, 7) is 6.01. The first-order valence-corrected chi connectivity index (χ1v) is 20.2. The molecule has 2 aliphatic heterocycles. The predicted octanol–water partition coefficient (Wildman–Crippen LogP) is 8.36. The molecular formula is C47H42F2N4O5S. The van der Waals surface area contributed by atoms with Crippen molar-refractivity contribution < 1.29 is 32.8 Å². The van der Waals surface area contributed by atoms with Crippen LogP contribution in [-0.2, 0) is 11.3 Å². The number of hydrogen-bond acceptors (Lipinski definition) is 7. The maximum atomic E-state index is 14.9. The van der Waals surface area contributed by atoms with Crippen molar-refractivity contribution >= 4 is 46.6 Å². The maximum absolute atomic E-state index is 14.9. The Hall–Kier alpha value is -6.24. The summed E-state index contributed by atoms with van der Waals surface area (Å²) in [5, 5.41) is 4.78. The lowest BCUT2D eigenvalue weighted by Crippen LogP contribution is -2.44. The maximum Gasteiger partial charge on any atom is 0.290 e. The summed E-state index contributed by atoms with van der Waals surface area (Å²) in [5.74, 6) is -3.61. The van der Waals surface area contributed by atoms with Gasteiger partial charge in [-0.05, 0) is 82.8 Å². The van der Waals surface area contributed by atoms with Gasteiger partial charge in [0.2, 0.25) is 0 Å². The smallest absolute Gasteiger partial charge is 0.290 e. The number of rotatable bonds is 13. The van der Waals surface area contributed by atoms with Gasteiger partial charge in [-0.15, -0.1) is 0 Å². The first kappa shape index (κ1) is 40.9. The molecule has 12 heteroatoms. The van der Waals surface area contributed by atoms with Gasteiger partial charge in [-0.3, -0.25) is 34.2 Å². The fourth-order valence-corrected chi connectivity index (χ4v) is 8.33. The third-order valence-electron chi connectivity index (χ3n) is 10.4. The second-order valence-electron chi connectivity index (χ2n) is 15.0. The molecule has 2 fully saturated rings. The molecule has 0 spiro atoms. The molecule has 7 rings (SSSR count). The Morgan fingerprint density at radius 2 is 1.56 bits per heavy atom. The number of halogens is 2. The van der Waals surface area contributed by atoms with Gasteiger partial charge in [-0.2, -0.15) is 0 Å². The second kappa shape index (κ2) is 18.1. The third kappa shape index (κ3) is 9.56. The van der Waals surface area contributed by atoms with E-state index in [1.807, 2.05) is 30.3 Å². The van der Waals surface area contributed by atoms with Crippen molar-refractivity contribution in [2.24, 2.45) is 5.92 Å². The number of imide groups is 1. The highest BCUT2D eigenvalue weighted by Crippen LogP contribution is 2.31. The number of nitrogens with zero attached hydrogens (tertiary/aromatic N) is 2. The standard InChI is InChI=1S/C47H42F2N4O5S/c1-29(2)26-52(27-33-12-6-7-13-37(33)31-10-4-3-5-11-31)36-24-35(25-50-44(55)32-18-16-30(17-19-32)22-42-45(56)51-47(58)59-42)53(28-36)46(57)39-15-9-8-14-38(39)43(54)40-21-20-34(48)23-41(40)49/h3-23,29,35-36H,24-28H2,1-2H3,(H,50,55)(H,51,56,58)/b42-22+/t35-,36+/m0/s1. The summed E-state index contributed by atoms with van der Waals surface area (Å²) in [6.07, 6.45) is 2.09. The number of carbonyl (C=O) groups is 5. The zero-order valence-corrected chi connectivity index (χ0v) is 33.3. The van der Waals surface area contributed by atoms with Crippen LogP contribution in [0.15, 0.2) is 126 Å². The average molecular weight is 813 g/mol. The van der Waals surface area contributed by atoms with Crippen LogP contribution < -0.4 is 10.6 Å². The van der Waals surface area contributed by atoms with Gasteiger partial charge in [0.05, 0.1) is 22.1 Å². The van der Waals surface area contributed by atoms with E-state index < -0.39 is 40.5 Å². The van der Waals surface area contributed by atoms with Gasteiger partial charge in [0.25, 0.3) is 23.0 Å². The van der Waals surface area contributed by atoms with Crippen LogP contribution in [0, 0.1) is 17.6 Å². The van der Waals surface area contributed by atoms with Gasteiger partial charge in [0.15, 0.2) is 5.78 Å². The van der Waals surface area contributed by atoms with Gasteiger partial charge in [0.1, 0.15) is 11.6 Å². The summed E-state index contributed by atoms with van der Waals surface area (Å²) in [4.78, 5) is 69.9. The highest BCUT2D eigenvalue weighted by molar-refractivity contribution is 8.18. The second-order valence-corrected chi connectivity index (χ2v) is 16.0. The minimum Gasteiger partial charge on any atom is -0.350 e. The Balaban J connectivity index is 1.17. The monoisotopic (exact) mass is 812 g/mol. The molecule has 0 radical (unpaired) electrons. The highest BCUT2D eigenvalue weighted by Gasteiger charge is 2.40. The predicted molar refractivity (Wildman–Crippen MR) is 224 cm³/mol. The van der Waals surface area contributed by atoms with Crippen LogP contribution in [0.2, 0.25) is 0 Å². The van der Waals surface area contributed by atoms with Crippen molar-refractivity contribution in [3.8, 4) is 11.1 Å². The average Bonchev–Trinajstić information content (AvgIpc) is 3.81. The molecule has 2 atom stereocenters. The Morgan fingerprint density at radius 3 is 2.25 bits per heavy atom. The van der Waals surface area contributed by atoms with Crippen molar-refractivity contribution in [1.82, 2.24) is 20.4 Å². The zero-order valence-electron chi connectivity index (χ0n) is 32.5. The topological polar surface area (TPSA) is 116 Å². The number of ketones is 1. The number of carbonyl (C=O) groups excluding carboxylic acids is 5. The van der Waals surface area contributed by atoms with Gasteiger partial charge in [0, 0.05) is 49.4 Å². The van der Waals surface area contributed by atoms with Crippen LogP contribution in [0.5, 0.6) is 0 Å². The van der Waals surface area contributed by atoms with Gasteiger partial charge in [-0.1, -0.05) is 98.8 Å². The van der Waals surface area contributed by atoms with Crippen molar-refractivity contribution in [3.63, 3.8) is 0 Å². The quantitative estimate of drug-likeness (QED) is 0.0908. The van der Waals surface area contributed by atoms with E-state index >= 15 is 0 Å². The number of thioether (sulfide) groups is 1. The Kier molecular flexibility index (Phi) is 12.6. The minimum atomic E-state index is -1.03. The van der Waals surface area contributed by atoms with Crippen molar-refractivity contribution in [2.75, 3.05) is 19.6 Å². The van der Waals surface area contributed by atoms with Crippen molar-refractivity contribution in [1.29, 1.82) is 0 Å². The first-order chi connectivity index (χ1) is 28.4. The van der Waals surface area contributed by atoms with Crippen molar-refractivity contribution in [2.45, 2.75) is 38.9 Å². The summed E-state index contributed by atoms with van der Waals surface area (Å²) in [5.41, 5.74) is 4.03. The van der Waals surface area contributed by atoms with Crippen LogP contribution in [0.1, 0.15) is 68.0 Å². The van der Waals surface area contributed by atoms with Gasteiger partial charge in [-0.25, -0.2) is 8.78 Å². The van der Waals surface area contributed by atoms with Gasteiger partial charge < -0.3 is 10.2 Å². The van der Waals surface area contributed by atoms with E-state index in [1.165, 1.54) is 12.1 Å². The SMILES string of the molecule is CC(C)CN(Cc1ccccc1-c1ccccc1)[C@@H]1C[C@@H](CNC(=O)c2ccc(/C=C3/SC(=O)NC3=O)cc2)N(C(=O)c2ccccc2C(=O)c2ccc(F)cc2F)C1. The summed E-state index contributed by atoms with van der Waals surface area (Å²) < 4.78 is 28.6. The molecule has 0 saturated carbocycles. The lowest BCUT2D eigenvalue weighted by molar-refractivity contribution is -0.115. The minimum absolute atomic E-state index is 0.0158. The van der Waals surface area contributed by atoms with Gasteiger partial charge >= 0.3 is 0 Å².